The van der Waals surface area contributed by atoms with Crippen molar-refractivity contribution in [2.75, 3.05) is 6.54 Å². The zero-order valence-electron chi connectivity index (χ0n) is 6.95. The number of nitrogens with zero attached hydrogens (tertiary/aromatic N) is 1. The molecule has 1 heterocycles. The van der Waals surface area contributed by atoms with E-state index in [4.69, 9.17) is 0 Å². The minimum Gasteiger partial charge on any atom is -0.334 e. The van der Waals surface area contributed by atoms with Gasteiger partial charge in [0, 0.05) is 6.54 Å². The van der Waals surface area contributed by atoms with Crippen molar-refractivity contribution in [3.05, 3.63) is 12.2 Å². The number of hydrogen-bond acceptors (Lipinski definition) is 1. The Bertz CT molecular complexity index is 220. The Labute approximate surface area is 66.9 Å². The standard InChI is InChI=1S/C9H13NO/c1-6(2)5-10-8-4-3-7(8)9(10)11/h3-4,6-8H,5H2,1-2H3. The monoisotopic (exact) mass is 151 g/mol. The molecule has 1 amide bonds. The summed E-state index contributed by atoms with van der Waals surface area (Å²) in [5.41, 5.74) is 0. The van der Waals surface area contributed by atoms with Crippen LogP contribution in [0, 0.1) is 11.8 Å². The fraction of sp³-hybridized carbons (Fsp3) is 0.667. The van der Waals surface area contributed by atoms with Crippen LogP contribution in [0.3, 0.4) is 0 Å². The Morgan fingerprint density at radius 1 is 1.55 bits per heavy atom. The van der Waals surface area contributed by atoms with Crippen molar-refractivity contribution in [1.82, 2.24) is 4.90 Å². The molecule has 2 heteroatoms. The first-order chi connectivity index (χ1) is 5.20. The molecule has 2 nitrogen and oxygen atoms in total. The second-order valence-corrected chi connectivity index (χ2v) is 3.79. The largest absolute Gasteiger partial charge is 0.334 e. The summed E-state index contributed by atoms with van der Waals surface area (Å²) in [5, 5.41) is 0. The molecule has 1 fully saturated rings. The predicted molar refractivity (Wildman–Crippen MR) is 43.0 cm³/mol. The fourth-order valence-corrected chi connectivity index (χ4v) is 1.71. The SMILES string of the molecule is CC(C)CN1C(=O)C2C=CC21. The maximum atomic E-state index is 11.2. The lowest BCUT2D eigenvalue weighted by Gasteiger charge is -2.50. The highest BCUT2D eigenvalue weighted by Crippen LogP contribution is 2.36. The molecule has 0 radical (unpaired) electrons. The van der Waals surface area contributed by atoms with E-state index in [1.54, 1.807) is 0 Å². The number of carbonyl (C=O) groups is 1. The van der Waals surface area contributed by atoms with Gasteiger partial charge in [0.2, 0.25) is 5.91 Å². The smallest absolute Gasteiger partial charge is 0.232 e. The maximum absolute atomic E-state index is 11.2. The van der Waals surface area contributed by atoms with Gasteiger partial charge in [-0.1, -0.05) is 26.0 Å². The van der Waals surface area contributed by atoms with Crippen LogP contribution in [-0.4, -0.2) is 23.4 Å². The van der Waals surface area contributed by atoms with E-state index >= 15 is 0 Å². The minimum absolute atomic E-state index is 0.258. The molecule has 1 saturated heterocycles. The molecule has 1 aliphatic carbocycles. The van der Waals surface area contributed by atoms with Crippen molar-refractivity contribution < 1.29 is 4.79 Å². The number of hydrogen-bond donors (Lipinski definition) is 0. The van der Waals surface area contributed by atoms with Gasteiger partial charge in [-0.2, -0.15) is 0 Å². The zero-order valence-corrected chi connectivity index (χ0v) is 6.95. The molecule has 0 N–H and O–H groups in total. The summed E-state index contributed by atoms with van der Waals surface area (Å²) in [4.78, 5) is 13.2. The number of likely N-dealkylation sites (tertiary alicyclic amines) is 1. The van der Waals surface area contributed by atoms with E-state index in [0.717, 1.165) is 6.54 Å². The van der Waals surface area contributed by atoms with Crippen LogP contribution in [0.2, 0.25) is 0 Å². The van der Waals surface area contributed by atoms with E-state index in [9.17, 15) is 4.79 Å². The molecule has 2 rings (SSSR count). The van der Waals surface area contributed by atoms with Crippen molar-refractivity contribution in [2.24, 2.45) is 11.8 Å². The van der Waals surface area contributed by atoms with Crippen molar-refractivity contribution in [3.63, 3.8) is 0 Å². The summed E-state index contributed by atoms with van der Waals surface area (Å²) in [7, 11) is 0. The lowest BCUT2D eigenvalue weighted by atomic mass is 9.78. The maximum Gasteiger partial charge on any atom is 0.232 e. The van der Waals surface area contributed by atoms with Crippen LogP contribution in [0.15, 0.2) is 12.2 Å². The summed E-state index contributed by atoms with van der Waals surface area (Å²) in [6, 6.07) is 0.463. The molecule has 0 aromatic carbocycles. The van der Waals surface area contributed by atoms with Gasteiger partial charge in [-0.15, -0.1) is 0 Å². The first-order valence-corrected chi connectivity index (χ1v) is 4.19. The lowest BCUT2D eigenvalue weighted by Crippen LogP contribution is -2.63. The number of rotatable bonds is 2. The quantitative estimate of drug-likeness (QED) is 0.426. The Balaban J connectivity index is 1.97. The van der Waals surface area contributed by atoms with E-state index in [-0.39, 0.29) is 5.92 Å². The molecular weight excluding hydrogens is 138 g/mol. The summed E-state index contributed by atoms with van der Waals surface area (Å²) in [5.74, 6) is 1.17. The van der Waals surface area contributed by atoms with Crippen LogP contribution in [0.1, 0.15) is 13.8 Å². The number of amides is 1. The molecule has 2 atom stereocenters. The van der Waals surface area contributed by atoms with Gasteiger partial charge < -0.3 is 4.90 Å². The third-order valence-corrected chi connectivity index (χ3v) is 2.37. The fourth-order valence-electron chi connectivity index (χ4n) is 1.71. The van der Waals surface area contributed by atoms with Crippen LogP contribution in [0.4, 0.5) is 0 Å². The summed E-state index contributed by atoms with van der Waals surface area (Å²) < 4.78 is 0. The molecule has 2 aliphatic rings. The van der Waals surface area contributed by atoms with E-state index in [1.807, 2.05) is 11.0 Å². The first kappa shape index (κ1) is 6.89. The van der Waals surface area contributed by atoms with E-state index in [0.29, 0.717) is 17.9 Å². The zero-order chi connectivity index (χ0) is 8.01. The van der Waals surface area contributed by atoms with E-state index in [1.165, 1.54) is 0 Å². The second kappa shape index (κ2) is 2.10. The number of carbonyl (C=O) groups excluding carboxylic acids is 1. The first-order valence-electron chi connectivity index (χ1n) is 4.19. The molecule has 0 bridgehead atoms. The van der Waals surface area contributed by atoms with Gasteiger partial charge in [-0.25, -0.2) is 0 Å². The van der Waals surface area contributed by atoms with Crippen molar-refractivity contribution in [3.8, 4) is 0 Å². The van der Waals surface area contributed by atoms with Crippen LogP contribution in [0.5, 0.6) is 0 Å². The van der Waals surface area contributed by atoms with Gasteiger partial charge in [0.1, 0.15) is 0 Å². The summed E-state index contributed by atoms with van der Waals surface area (Å²) in [6.45, 7) is 5.20. The Hall–Kier alpha value is -0.790. The topological polar surface area (TPSA) is 20.3 Å². The van der Waals surface area contributed by atoms with Crippen molar-refractivity contribution in [1.29, 1.82) is 0 Å². The van der Waals surface area contributed by atoms with Crippen molar-refractivity contribution >= 4 is 5.91 Å². The third kappa shape index (κ3) is 0.817. The van der Waals surface area contributed by atoms with Gasteiger partial charge in [0.25, 0.3) is 0 Å². The molecular formula is C9H13NO. The predicted octanol–water partition coefficient (Wildman–Crippen LogP) is 1.04. The van der Waals surface area contributed by atoms with Crippen LogP contribution >= 0.6 is 0 Å². The molecule has 0 spiro atoms. The highest BCUT2D eigenvalue weighted by Gasteiger charge is 2.48. The summed E-state index contributed by atoms with van der Waals surface area (Å²) in [6.07, 6.45) is 4.12. The van der Waals surface area contributed by atoms with Crippen LogP contribution < -0.4 is 0 Å². The summed E-state index contributed by atoms with van der Waals surface area (Å²) >= 11 is 0. The number of fused-ring (bicyclic) bond motifs is 1. The molecule has 0 aromatic rings. The van der Waals surface area contributed by atoms with Gasteiger partial charge >= 0.3 is 0 Å². The van der Waals surface area contributed by atoms with Crippen molar-refractivity contribution in [2.45, 2.75) is 19.9 Å². The second-order valence-electron chi connectivity index (χ2n) is 3.79. The molecule has 60 valence electrons. The van der Waals surface area contributed by atoms with Gasteiger partial charge in [0.05, 0.1) is 12.0 Å². The minimum atomic E-state index is 0.258. The Morgan fingerprint density at radius 3 is 2.64 bits per heavy atom. The van der Waals surface area contributed by atoms with Crippen LogP contribution in [0.25, 0.3) is 0 Å². The molecule has 0 saturated carbocycles. The van der Waals surface area contributed by atoms with E-state index in [2.05, 4.69) is 19.9 Å². The number of β-lactam (4-membered cyclic amide) rings is 1. The van der Waals surface area contributed by atoms with Gasteiger partial charge in [0.15, 0.2) is 0 Å². The van der Waals surface area contributed by atoms with E-state index < -0.39 is 0 Å². The lowest BCUT2D eigenvalue weighted by molar-refractivity contribution is -0.152. The normalized spacial score (nSPS) is 33.4. The highest BCUT2D eigenvalue weighted by atomic mass is 16.2. The molecule has 1 aliphatic heterocycles. The average molecular weight is 151 g/mol. The highest BCUT2D eigenvalue weighted by molar-refractivity contribution is 5.90. The van der Waals surface area contributed by atoms with Gasteiger partial charge in [-0.3, -0.25) is 4.79 Å². The Kier molecular flexibility index (Phi) is 1.31. The average Bonchev–Trinajstić information content (AvgIpc) is 1.83. The molecule has 11 heavy (non-hydrogen) atoms. The molecule has 0 aromatic heterocycles. The third-order valence-electron chi connectivity index (χ3n) is 2.37. The van der Waals surface area contributed by atoms with Crippen LogP contribution in [-0.2, 0) is 4.79 Å². The molecule has 2 unspecified atom stereocenters. The van der Waals surface area contributed by atoms with Gasteiger partial charge in [-0.05, 0) is 5.92 Å². The Morgan fingerprint density at radius 2 is 2.27 bits per heavy atom.